The number of hydrazine groups is 1. The molecule has 0 spiro atoms. The van der Waals surface area contributed by atoms with Gasteiger partial charge >= 0.3 is 5.97 Å². The molecule has 1 aliphatic heterocycles. The maximum Gasteiger partial charge on any atom is 0.333 e. The Hall–Kier alpha value is -2.99. The molecule has 1 saturated carbocycles. The van der Waals surface area contributed by atoms with Crippen molar-refractivity contribution in [3.05, 3.63) is 65.7 Å². The smallest absolute Gasteiger partial charge is 0.333 e. The number of rotatable bonds is 5. The molecule has 0 amide bonds. The fourth-order valence-electron chi connectivity index (χ4n) is 4.37. The van der Waals surface area contributed by atoms with E-state index >= 15 is 0 Å². The molecule has 0 bridgehead atoms. The van der Waals surface area contributed by atoms with Gasteiger partial charge < -0.3 is 9.53 Å². The molecule has 0 aromatic heterocycles. The molecule has 1 aliphatic carbocycles. The Bertz CT molecular complexity index is 922. The fourth-order valence-corrected chi connectivity index (χ4v) is 4.37. The summed E-state index contributed by atoms with van der Waals surface area (Å²) in [7, 11) is 0. The first-order valence-electron chi connectivity index (χ1n) is 10.6. The van der Waals surface area contributed by atoms with Crippen molar-refractivity contribution in [2.24, 2.45) is 16.8 Å². The minimum Gasteiger partial charge on any atom is -0.459 e. The third-order valence-corrected chi connectivity index (χ3v) is 5.98. The number of para-hydroxylation sites is 1. The maximum absolute atomic E-state index is 13.0. The molecule has 2 atom stereocenters. The van der Waals surface area contributed by atoms with Crippen LogP contribution in [0.4, 0.5) is 5.69 Å². The molecule has 1 heterocycles. The van der Waals surface area contributed by atoms with Crippen LogP contribution in [-0.2, 0) is 20.9 Å². The van der Waals surface area contributed by atoms with E-state index in [0.29, 0.717) is 6.29 Å². The van der Waals surface area contributed by atoms with Gasteiger partial charge in [0.25, 0.3) is 0 Å². The van der Waals surface area contributed by atoms with Crippen LogP contribution in [0.25, 0.3) is 0 Å². The number of nitrogens with two attached hydrogens (primary N) is 1. The van der Waals surface area contributed by atoms with Crippen LogP contribution < -0.4 is 10.9 Å². The Labute approximate surface area is 176 Å². The Morgan fingerprint density at radius 1 is 1.07 bits per heavy atom. The van der Waals surface area contributed by atoms with Crippen LogP contribution in [0, 0.1) is 5.92 Å². The van der Waals surface area contributed by atoms with Gasteiger partial charge in [-0.15, -0.1) is 0 Å². The van der Waals surface area contributed by atoms with Crippen LogP contribution in [0.5, 0.6) is 0 Å². The maximum atomic E-state index is 13.0. The summed E-state index contributed by atoms with van der Waals surface area (Å²) in [6.45, 7) is 0.132. The number of ether oxygens (including phenoxy) is 1. The molecule has 2 unspecified atom stereocenters. The lowest BCUT2D eigenvalue weighted by atomic mass is 9.83. The molecule has 2 aliphatic rings. The summed E-state index contributed by atoms with van der Waals surface area (Å²) in [4.78, 5) is 29.9. The van der Waals surface area contributed by atoms with Crippen LogP contribution in [0.1, 0.15) is 43.2 Å². The fraction of sp³-hybridized carbons (Fsp3) is 0.375. The van der Waals surface area contributed by atoms with E-state index in [-0.39, 0.29) is 12.5 Å². The number of carbonyl (C=O) groups excluding carboxylic acids is 2. The summed E-state index contributed by atoms with van der Waals surface area (Å²) in [5.41, 5.74) is 3.37. The second kappa shape index (κ2) is 9.22. The van der Waals surface area contributed by atoms with E-state index in [9.17, 15) is 9.59 Å². The van der Waals surface area contributed by atoms with Gasteiger partial charge in [-0.3, -0.25) is 10.0 Å². The van der Waals surface area contributed by atoms with Crippen molar-refractivity contribution >= 4 is 23.7 Å². The number of nitrogens with zero attached hydrogens (tertiary/aromatic N) is 2. The lowest BCUT2D eigenvalue weighted by Gasteiger charge is -2.27. The zero-order valence-electron chi connectivity index (χ0n) is 16.9. The number of anilines is 1. The van der Waals surface area contributed by atoms with Crippen molar-refractivity contribution in [3.8, 4) is 0 Å². The van der Waals surface area contributed by atoms with Crippen LogP contribution >= 0.6 is 0 Å². The van der Waals surface area contributed by atoms with Crippen LogP contribution in [0.2, 0.25) is 0 Å². The third kappa shape index (κ3) is 4.14. The minimum absolute atomic E-state index is 0.132. The van der Waals surface area contributed by atoms with E-state index in [4.69, 9.17) is 15.6 Å². The molecule has 30 heavy (non-hydrogen) atoms. The second-order valence-electron chi connectivity index (χ2n) is 7.94. The average molecular weight is 405 g/mol. The first kappa shape index (κ1) is 20.3. The number of esters is 1. The zero-order chi connectivity index (χ0) is 20.9. The molecular weight excluding hydrogens is 378 g/mol. The monoisotopic (exact) mass is 405 g/mol. The molecule has 2 aromatic rings. The molecule has 2 N–H and O–H groups in total. The number of hydrogen-bond donors (Lipinski definition) is 1. The van der Waals surface area contributed by atoms with E-state index in [1.807, 2.05) is 54.6 Å². The standard InChI is InChI=1S/C24H27N3O3/c25-27-20-14-8-7-13-19(20)22(18-11-5-2-6-12-18)26-23(21(27)15-28)24(29)30-16-17-9-3-1-4-10-17/h1,3-4,7-10,13-15,18,21,23H,2,5-6,11-12,16,25H2. The lowest BCUT2D eigenvalue weighted by molar-refractivity contribution is -0.147. The zero-order valence-corrected chi connectivity index (χ0v) is 16.9. The molecule has 4 rings (SSSR count). The third-order valence-electron chi connectivity index (χ3n) is 5.98. The largest absolute Gasteiger partial charge is 0.459 e. The average Bonchev–Trinajstić information content (AvgIpc) is 2.93. The molecule has 6 nitrogen and oxygen atoms in total. The van der Waals surface area contributed by atoms with Gasteiger partial charge in [0.1, 0.15) is 18.9 Å². The van der Waals surface area contributed by atoms with Crippen molar-refractivity contribution in [1.29, 1.82) is 0 Å². The van der Waals surface area contributed by atoms with Gasteiger partial charge in [0.15, 0.2) is 6.04 Å². The lowest BCUT2D eigenvalue weighted by Crippen LogP contribution is -2.51. The highest BCUT2D eigenvalue weighted by atomic mass is 16.5. The van der Waals surface area contributed by atoms with Crippen LogP contribution in [-0.4, -0.2) is 30.1 Å². The topological polar surface area (TPSA) is 85.0 Å². The predicted molar refractivity (Wildman–Crippen MR) is 116 cm³/mol. The number of benzene rings is 2. The van der Waals surface area contributed by atoms with Crippen molar-refractivity contribution in [1.82, 2.24) is 0 Å². The first-order chi connectivity index (χ1) is 14.7. The number of hydrogen-bond acceptors (Lipinski definition) is 6. The first-order valence-corrected chi connectivity index (χ1v) is 10.6. The highest BCUT2D eigenvalue weighted by Crippen LogP contribution is 2.34. The van der Waals surface area contributed by atoms with Gasteiger partial charge in [0.2, 0.25) is 0 Å². The summed E-state index contributed by atoms with van der Waals surface area (Å²) >= 11 is 0. The quantitative estimate of drug-likeness (QED) is 0.468. The Kier molecular flexibility index (Phi) is 6.23. The Balaban J connectivity index is 1.68. The van der Waals surface area contributed by atoms with E-state index in [0.717, 1.165) is 48.2 Å². The SMILES string of the molecule is NN1c2ccccc2C(C2CCCCC2)=NC(C(=O)OCc2ccccc2)C1C=O. The number of benzodiazepines with no additional fused rings is 1. The predicted octanol–water partition coefficient (Wildman–Crippen LogP) is 3.43. The van der Waals surface area contributed by atoms with Crippen LogP contribution in [0.3, 0.4) is 0 Å². The number of fused-ring (bicyclic) bond motifs is 1. The normalized spacial score (nSPS) is 21.9. The molecule has 0 radical (unpaired) electrons. The van der Waals surface area contributed by atoms with Gasteiger partial charge in [0, 0.05) is 17.2 Å². The van der Waals surface area contributed by atoms with E-state index in [2.05, 4.69) is 0 Å². The summed E-state index contributed by atoms with van der Waals surface area (Å²) < 4.78 is 5.55. The molecule has 156 valence electrons. The minimum atomic E-state index is -1.000. The second-order valence-corrected chi connectivity index (χ2v) is 7.94. The number of aldehydes is 1. The van der Waals surface area contributed by atoms with E-state index < -0.39 is 18.1 Å². The highest BCUT2D eigenvalue weighted by Gasteiger charge is 2.38. The van der Waals surface area contributed by atoms with Crippen LogP contribution in [0.15, 0.2) is 59.6 Å². The van der Waals surface area contributed by atoms with E-state index in [1.54, 1.807) is 0 Å². The van der Waals surface area contributed by atoms with Crippen molar-refractivity contribution in [3.63, 3.8) is 0 Å². The molecule has 2 aromatic carbocycles. The summed E-state index contributed by atoms with van der Waals surface area (Å²) in [6, 6.07) is 15.2. The van der Waals surface area contributed by atoms with E-state index in [1.165, 1.54) is 11.4 Å². The van der Waals surface area contributed by atoms with Crippen molar-refractivity contribution in [2.75, 3.05) is 5.01 Å². The Morgan fingerprint density at radius 2 is 1.77 bits per heavy atom. The summed E-state index contributed by atoms with van der Waals surface area (Å²) in [5, 5.41) is 1.37. The van der Waals surface area contributed by atoms with Gasteiger partial charge in [-0.1, -0.05) is 67.8 Å². The summed E-state index contributed by atoms with van der Waals surface area (Å²) in [6.07, 6.45) is 6.23. The van der Waals surface area contributed by atoms with Gasteiger partial charge in [0.05, 0.1) is 5.69 Å². The van der Waals surface area contributed by atoms with Gasteiger partial charge in [-0.25, -0.2) is 10.6 Å². The molecule has 1 fully saturated rings. The molecular formula is C24H27N3O3. The number of carbonyl (C=O) groups is 2. The number of aliphatic imine (C=N–C) groups is 1. The molecule has 6 heteroatoms. The van der Waals surface area contributed by atoms with Crippen molar-refractivity contribution in [2.45, 2.75) is 50.8 Å². The van der Waals surface area contributed by atoms with Crippen molar-refractivity contribution < 1.29 is 14.3 Å². The Morgan fingerprint density at radius 3 is 2.50 bits per heavy atom. The van der Waals surface area contributed by atoms with Gasteiger partial charge in [-0.2, -0.15) is 0 Å². The van der Waals surface area contributed by atoms with Gasteiger partial charge in [-0.05, 0) is 24.5 Å². The highest BCUT2D eigenvalue weighted by molar-refractivity contribution is 6.09. The summed E-state index contributed by atoms with van der Waals surface area (Å²) in [5.74, 6) is 6.07. The molecule has 0 saturated heterocycles.